The minimum absolute atomic E-state index is 0.525. The van der Waals surface area contributed by atoms with E-state index in [1.54, 1.807) is 0 Å². The lowest BCUT2D eigenvalue weighted by Gasteiger charge is -2.25. The van der Waals surface area contributed by atoms with Crippen LogP contribution in [0.1, 0.15) is 42.9 Å². The quantitative estimate of drug-likeness (QED) is 0.860. The van der Waals surface area contributed by atoms with Gasteiger partial charge in [-0.05, 0) is 55.8 Å². The number of rotatable bonds is 4. The Bertz CT molecular complexity index is 398. The van der Waals surface area contributed by atoms with E-state index in [2.05, 4.69) is 23.5 Å². The lowest BCUT2D eigenvalue weighted by atomic mass is 9.86. The molecule has 2 aliphatic carbocycles. The van der Waals surface area contributed by atoms with E-state index in [-0.39, 0.29) is 0 Å². The van der Waals surface area contributed by atoms with Gasteiger partial charge in [0.05, 0.1) is 6.61 Å². The summed E-state index contributed by atoms with van der Waals surface area (Å²) in [6.45, 7) is 0.917. The van der Waals surface area contributed by atoms with Gasteiger partial charge in [0.1, 0.15) is 5.75 Å². The SMILES string of the molecule is CNC1CCc2c(OCC3CCC3)cccc21. The lowest BCUT2D eigenvalue weighted by Crippen LogP contribution is -2.19. The first-order valence-corrected chi connectivity index (χ1v) is 6.80. The Labute approximate surface area is 103 Å². The molecule has 2 heteroatoms. The fraction of sp³-hybridized carbons (Fsp3) is 0.600. The Morgan fingerprint density at radius 2 is 2.18 bits per heavy atom. The van der Waals surface area contributed by atoms with Crippen LogP contribution in [0.5, 0.6) is 5.75 Å². The van der Waals surface area contributed by atoms with Gasteiger partial charge >= 0.3 is 0 Å². The van der Waals surface area contributed by atoms with Crippen LogP contribution in [-0.2, 0) is 6.42 Å². The van der Waals surface area contributed by atoms with E-state index >= 15 is 0 Å². The minimum Gasteiger partial charge on any atom is -0.493 e. The van der Waals surface area contributed by atoms with E-state index in [1.165, 1.54) is 36.8 Å². The van der Waals surface area contributed by atoms with Gasteiger partial charge < -0.3 is 10.1 Å². The molecule has 1 aromatic rings. The van der Waals surface area contributed by atoms with Crippen molar-refractivity contribution in [1.82, 2.24) is 5.32 Å². The molecule has 1 unspecified atom stereocenters. The average molecular weight is 231 g/mol. The van der Waals surface area contributed by atoms with Gasteiger partial charge in [0, 0.05) is 6.04 Å². The monoisotopic (exact) mass is 231 g/mol. The van der Waals surface area contributed by atoms with Gasteiger partial charge in [-0.2, -0.15) is 0 Å². The molecule has 0 radical (unpaired) electrons. The molecule has 0 aromatic heterocycles. The zero-order valence-electron chi connectivity index (χ0n) is 10.5. The number of fused-ring (bicyclic) bond motifs is 1. The summed E-state index contributed by atoms with van der Waals surface area (Å²) in [7, 11) is 2.04. The Hall–Kier alpha value is -1.02. The van der Waals surface area contributed by atoms with Crippen LogP contribution in [0.15, 0.2) is 18.2 Å². The van der Waals surface area contributed by atoms with Gasteiger partial charge in [0.25, 0.3) is 0 Å². The Morgan fingerprint density at radius 1 is 1.29 bits per heavy atom. The van der Waals surface area contributed by atoms with Crippen molar-refractivity contribution in [3.8, 4) is 5.75 Å². The molecule has 0 saturated heterocycles. The first-order chi connectivity index (χ1) is 8.38. The van der Waals surface area contributed by atoms with E-state index in [0.29, 0.717) is 6.04 Å². The zero-order valence-corrected chi connectivity index (χ0v) is 10.5. The topological polar surface area (TPSA) is 21.3 Å². The molecular weight excluding hydrogens is 210 g/mol. The maximum absolute atomic E-state index is 6.02. The molecule has 0 amide bonds. The smallest absolute Gasteiger partial charge is 0.122 e. The van der Waals surface area contributed by atoms with Crippen LogP contribution in [0, 0.1) is 5.92 Å². The third-order valence-corrected chi connectivity index (χ3v) is 4.28. The van der Waals surface area contributed by atoms with Gasteiger partial charge in [-0.25, -0.2) is 0 Å². The van der Waals surface area contributed by atoms with Crippen molar-refractivity contribution in [2.45, 2.75) is 38.1 Å². The highest BCUT2D eigenvalue weighted by atomic mass is 16.5. The predicted molar refractivity (Wildman–Crippen MR) is 69.4 cm³/mol. The van der Waals surface area contributed by atoms with E-state index < -0.39 is 0 Å². The maximum atomic E-state index is 6.02. The summed E-state index contributed by atoms with van der Waals surface area (Å²) >= 11 is 0. The van der Waals surface area contributed by atoms with Crippen molar-refractivity contribution in [1.29, 1.82) is 0 Å². The van der Waals surface area contributed by atoms with Crippen LogP contribution >= 0.6 is 0 Å². The van der Waals surface area contributed by atoms with Crippen LogP contribution in [0.2, 0.25) is 0 Å². The van der Waals surface area contributed by atoms with Gasteiger partial charge in [-0.1, -0.05) is 18.6 Å². The molecule has 2 nitrogen and oxygen atoms in total. The van der Waals surface area contributed by atoms with Crippen molar-refractivity contribution < 1.29 is 4.74 Å². The molecule has 1 aromatic carbocycles. The molecule has 1 N–H and O–H groups in total. The number of nitrogens with one attached hydrogen (secondary N) is 1. The molecule has 92 valence electrons. The summed E-state index contributed by atoms with van der Waals surface area (Å²) in [5.74, 6) is 1.94. The minimum atomic E-state index is 0.525. The molecule has 3 rings (SSSR count). The summed E-state index contributed by atoms with van der Waals surface area (Å²) in [6.07, 6.45) is 6.46. The highest BCUT2D eigenvalue weighted by Gasteiger charge is 2.24. The van der Waals surface area contributed by atoms with E-state index in [4.69, 9.17) is 4.74 Å². The second-order valence-corrected chi connectivity index (χ2v) is 5.31. The predicted octanol–water partition coefficient (Wildman–Crippen LogP) is 3.07. The fourth-order valence-corrected chi connectivity index (χ4v) is 2.92. The molecule has 0 aliphatic heterocycles. The highest BCUT2D eigenvalue weighted by molar-refractivity contribution is 5.45. The van der Waals surface area contributed by atoms with Crippen molar-refractivity contribution in [3.05, 3.63) is 29.3 Å². The van der Waals surface area contributed by atoms with Crippen LogP contribution < -0.4 is 10.1 Å². The van der Waals surface area contributed by atoms with E-state index in [1.807, 2.05) is 7.05 Å². The zero-order chi connectivity index (χ0) is 11.7. The normalized spacial score (nSPS) is 23.2. The summed E-state index contributed by atoms with van der Waals surface area (Å²) in [4.78, 5) is 0. The van der Waals surface area contributed by atoms with Gasteiger partial charge in [-0.15, -0.1) is 0 Å². The Morgan fingerprint density at radius 3 is 2.88 bits per heavy atom. The molecule has 0 bridgehead atoms. The average Bonchev–Trinajstić information content (AvgIpc) is 2.70. The molecular formula is C15H21NO. The van der Waals surface area contributed by atoms with Crippen LogP contribution in [0.4, 0.5) is 0 Å². The highest BCUT2D eigenvalue weighted by Crippen LogP contribution is 2.37. The lowest BCUT2D eigenvalue weighted by molar-refractivity contribution is 0.179. The fourth-order valence-electron chi connectivity index (χ4n) is 2.92. The van der Waals surface area contributed by atoms with E-state index in [9.17, 15) is 0 Å². The van der Waals surface area contributed by atoms with Crippen LogP contribution in [-0.4, -0.2) is 13.7 Å². The molecule has 0 spiro atoms. The summed E-state index contributed by atoms with van der Waals surface area (Å²) in [5.41, 5.74) is 2.88. The largest absolute Gasteiger partial charge is 0.493 e. The van der Waals surface area contributed by atoms with Crippen molar-refractivity contribution in [2.75, 3.05) is 13.7 Å². The first-order valence-electron chi connectivity index (χ1n) is 6.80. The van der Waals surface area contributed by atoms with Gasteiger partial charge in [0.15, 0.2) is 0 Å². The van der Waals surface area contributed by atoms with Crippen molar-refractivity contribution in [2.24, 2.45) is 5.92 Å². The summed E-state index contributed by atoms with van der Waals surface area (Å²) < 4.78 is 6.02. The van der Waals surface area contributed by atoms with Crippen LogP contribution in [0.3, 0.4) is 0 Å². The number of ether oxygens (including phenoxy) is 1. The molecule has 17 heavy (non-hydrogen) atoms. The molecule has 1 saturated carbocycles. The molecule has 0 heterocycles. The van der Waals surface area contributed by atoms with Gasteiger partial charge in [-0.3, -0.25) is 0 Å². The first kappa shape index (κ1) is 11.1. The second-order valence-electron chi connectivity index (χ2n) is 5.31. The molecule has 1 atom stereocenters. The Kier molecular flexibility index (Phi) is 3.06. The third kappa shape index (κ3) is 2.06. The van der Waals surface area contributed by atoms with E-state index in [0.717, 1.165) is 24.7 Å². The third-order valence-electron chi connectivity index (χ3n) is 4.28. The Balaban J connectivity index is 1.74. The van der Waals surface area contributed by atoms with Crippen molar-refractivity contribution >= 4 is 0 Å². The number of hydrogen-bond donors (Lipinski definition) is 1. The maximum Gasteiger partial charge on any atom is 0.122 e. The summed E-state index contributed by atoms with van der Waals surface area (Å²) in [6, 6.07) is 7.03. The van der Waals surface area contributed by atoms with Crippen molar-refractivity contribution in [3.63, 3.8) is 0 Å². The molecule has 1 fully saturated rings. The number of benzene rings is 1. The second kappa shape index (κ2) is 4.69. The number of hydrogen-bond acceptors (Lipinski definition) is 2. The summed E-state index contributed by atoms with van der Waals surface area (Å²) in [5, 5.41) is 3.38. The standard InChI is InChI=1S/C15H21NO/c1-16-14-9-8-13-12(14)6-3-7-15(13)17-10-11-4-2-5-11/h3,6-7,11,14,16H,2,4-5,8-10H2,1H3. The molecule has 2 aliphatic rings. The van der Waals surface area contributed by atoms with Crippen LogP contribution in [0.25, 0.3) is 0 Å². The van der Waals surface area contributed by atoms with Gasteiger partial charge in [0.2, 0.25) is 0 Å².